The summed E-state index contributed by atoms with van der Waals surface area (Å²) in [7, 11) is 0. The largest absolute Gasteiger partial charge is 0.242 e. The Morgan fingerprint density at radius 2 is 1.61 bits per heavy atom. The molecular formula is C18H19Cl2NS2. The molecule has 0 aromatic heterocycles. The van der Waals surface area contributed by atoms with Crippen LogP contribution in [-0.2, 0) is 0 Å². The van der Waals surface area contributed by atoms with Crippen molar-refractivity contribution < 1.29 is 0 Å². The number of thioether (sulfide) groups is 2. The van der Waals surface area contributed by atoms with Crippen molar-refractivity contribution in [2.45, 2.75) is 19.1 Å². The minimum Gasteiger partial charge on any atom is -0.242 e. The zero-order valence-corrected chi connectivity index (χ0v) is 16.3. The van der Waals surface area contributed by atoms with Crippen molar-refractivity contribution in [1.82, 2.24) is 0 Å². The molecule has 2 rings (SSSR count). The first-order valence-electron chi connectivity index (χ1n) is 7.49. The van der Waals surface area contributed by atoms with Gasteiger partial charge in [-0.2, -0.15) is 0 Å². The number of rotatable bonds is 6. The highest BCUT2D eigenvalue weighted by molar-refractivity contribution is 8.16. The summed E-state index contributed by atoms with van der Waals surface area (Å²) < 4.78 is 0. The van der Waals surface area contributed by atoms with Crippen LogP contribution in [0.25, 0.3) is 0 Å². The van der Waals surface area contributed by atoms with E-state index >= 15 is 0 Å². The number of halogens is 2. The van der Waals surface area contributed by atoms with Gasteiger partial charge >= 0.3 is 0 Å². The van der Waals surface area contributed by atoms with E-state index in [9.17, 15) is 0 Å². The second-order valence-electron chi connectivity index (χ2n) is 4.70. The van der Waals surface area contributed by atoms with E-state index in [2.05, 4.69) is 38.1 Å². The van der Waals surface area contributed by atoms with Crippen molar-refractivity contribution >= 4 is 57.5 Å². The van der Waals surface area contributed by atoms with Crippen molar-refractivity contribution in [2.24, 2.45) is 4.99 Å². The molecule has 2 aromatic carbocycles. The lowest BCUT2D eigenvalue weighted by molar-refractivity contribution is 1.29. The van der Waals surface area contributed by atoms with Crippen LogP contribution in [0.4, 0.5) is 5.69 Å². The predicted molar refractivity (Wildman–Crippen MR) is 109 cm³/mol. The van der Waals surface area contributed by atoms with Gasteiger partial charge in [-0.1, -0.05) is 73.4 Å². The average molecular weight is 384 g/mol. The molecule has 0 radical (unpaired) electrons. The maximum atomic E-state index is 6.29. The SMILES string of the molecule is CCSC(=Nc1c(Cl)cccc1Cl)C(SCC)c1ccccc1. The summed E-state index contributed by atoms with van der Waals surface area (Å²) >= 11 is 16.2. The van der Waals surface area contributed by atoms with Crippen molar-refractivity contribution in [3.63, 3.8) is 0 Å². The Kier molecular flexibility index (Phi) is 7.84. The van der Waals surface area contributed by atoms with E-state index in [1.165, 1.54) is 5.56 Å². The van der Waals surface area contributed by atoms with Gasteiger partial charge in [-0.25, -0.2) is 4.99 Å². The van der Waals surface area contributed by atoms with E-state index in [0.717, 1.165) is 16.5 Å². The molecule has 2 aromatic rings. The zero-order chi connectivity index (χ0) is 16.7. The maximum absolute atomic E-state index is 6.29. The number of benzene rings is 2. The highest BCUT2D eigenvalue weighted by atomic mass is 35.5. The van der Waals surface area contributed by atoms with Crippen LogP contribution in [0.15, 0.2) is 53.5 Å². The van der Waals surface area contributed by atoms with Crippen LogP contribution in [0.2, 0.25) is 10.0 Å². The topological polar surface area (TPSA) is 12.4 Å². The molecule has 0 heterocycles. The van der Waals surface area contributed by atoms with E-state index in [1.54, 1.807) is 11.8 Å². The molecule has 0 aliphatic rings. The minimum atomic E-state index is 0.193. The molecule has 0 saturated carbocycles. The van der Waals surface area contributed by atoms with Gasteiger partial charge in [-0.3, -0.25) is 0 Å². The monoisotopic (exact) mass is 383 g/mol. The molecule has 0 bridgehead atoms. The highest BCUT2D eigenvalue weighted by Gasteiger charge is 2.19. The Balaban J connectivity index is 2.48. The molecule has 0 saturated heterocycles. The standard InChI is InChI=1S/C18H19Cl2NS2/c1-3-22-17(13-9-6-5-7-10-13)18(23-4-2)21-16-14(19)11-8-12-15(16)20/h5-12,17H,3-4H2,1-2H3. The smallest absolute Gasteiger partial charge is 0.101 e. The van der Waals surface area contributed by atoms with Gasteiger partial charge in [-0.15, -0.1) is 23.5 Å². The Labute approximate surface area is 156 Å². The van der Waals surface area contributed by atoms with Crippen LogP contribution < -0.4 is 0 Å². The number of hydrogen-bond donors (Lipinski definition) is 0. The lowest BCUT2D eigenvalue weighted by Crippen LogP contribution is -2.07. The molecule has 0 spiro atoms. The summed E-state index contributed by atoms with van der Waals surface area (Å²) in [6.07, 6.45) is 0. The molecule has 0 amide bonds. The Bertz CT molecular complexity index is 639. The molecule has 23 heavy (non-hydrogen) atoms. The number of para-hydroxylation sites is 1. The van der Waals surface area contributed by atoms with Crippen molar-refractivity contribution in [1.29, 1.82) is 0 Å². The molecule has 1 unspecified atom stereocenters. The minimum absolute atomic E-state index is 0.193. The molecule has 1 atom stereocenters. The summed E-state index contributed by atoms with van der Waals surface area (Å²) in [6, 6.07) is 15.9. The fraction of sp³-hybridized carbons (Fsp3) is 0.278. The lowest BCUT2D eigenvalue weighted by Gasteiger charge is -2.19. The second-order valence-corrected chi connectivity index (χ2v) is 8.18. The molecule has 122 valence electrons. The number of aliphatic imine (C=N–C) groups is 1. The van der Waals surface area contributed by atoms with E-state index in [-0.39, 0.29) is 5.25 Å². The van der Waals surface area contributed by atoms with Crippen molar-refractivity contribution in [3.05, 3.63) is 64.1 Å². The summed E-state index contributed by atoms with van der Waals surface area (Å²) in [6.45, 7) is 4.30. The third-order valence-electron chi connectivity index (χ3n) is 3.11. The third kappa shape index (κ3) is 5.18. The maximum Gasteiger partial charge on any atom is 0.101 e. The molecule has 0 aliphatic carbocycles. The van der Waals surface area contributed by atoms with E-state index in [0.29, 0.717) is 15.7 Å². The van der Waals surface area contributed by atoms with Gasteiger partial charge in [-0.05, 0) is 29.2 Å². The zero-order valence-electron chi connectivity index (χ0n) is 13.1. The lowest BCUT2D eigenvalue weighted by atomic mass is 10.1. The Morgan fingerprint density at radius 1 is 0.957 bits per heavy atom. The van der Waals surface area contributed by atoms with Crippen LogP contribution >= 0.6 is 46.7 Å². The third-order valence-corrected chi connectivity index (χ3v) is 5.94. The van der Waals surface area contributed by atoms with Crippen LogP contribution in [-0.4, -0.2) is 16.5 Å². The van der Waals surface area contributed by atoms with Crippen LogP contribution in [0.1, 0.15) is 24.7 Å². The van der Waals surface area contributed by atoms with Crippen molar-refractivity contribution in [2.75, 3.05) is 11.5 Å². The highest BCUT2D eigenvalue weighted by Crippen LogP contribution is 2.39. The quantitative estimate of drug-likeness (QED) is 0.383. The van der Waals surface area contributed by atoms with E-state index in [1.807, 2.05) is 36.0 Å². The van der Waals surface area contributed by atoms with Gasteiger partial charge in [0.25, 0.3) is 0 Å². The van der Waals surface area contributed by atoms with Crippen LogP contribution in [0.3, 0.4) is 0 Å². The first-order valence-corrected chi connectivity index (χ1v) is 10.3. The molecule has 0 N–H and O–H groups in total. The van der Waals surface area contributed by atoms with Crippen molar-refractivity contribution in [3.8, 4) is 0 Å². The summed E-state index contributed by atoms with van der Waals surface area (Å²) in [5, 5.41) is 2.40. The van der Waals surface area contributed by atoms with Gasteiger partial charge in [0.15, 0.2) is 0 Å². The van der Waals surface area contributed by atoms with Crippen LogP contribution in [0.5, 0.6) is 0 Å². The van der Waals surface area contributed by atoms with Gasteiger partial charge < -0.3 is 0 Å². The normalized spacial score (nSPS) is 13.1. The Morgan fingerprint density at radius 3 is 2.17 bits per heavy atom. The van der Waals surface area contributed by atoms with E-state index in [4.69, 9.17) is 28.2 Å². The average Bonchev–Trinajstić information content (AvgIpc) is 2.56. The first-order chi connectivity index (χ1) is 11.2. The predicted octanol–water partition coefficient (Wildman–Crippen LogP) is 7.27. The number of nitrogens with zero attached hydrogens (tertiary/aromatic N) is 1. The molecule has 0 aliphatic heterocycles. The van der Waals surface area contributed by atoms with E-state index < -0.39 is 0 Å². The molecule has 1 nitrogen and oxygen atoms in total. The van der Waals surface area contributed by atoms with Crippen LogP contribution in [0, 0.1) is 0 Å². The molecule has 0 fully saturated rings. The molecule has 5 heteroatoms. The fourth-order valence-electron chi connectivity index (χ4n) is 2.13. The fourth-order valence-corrected chi connectivity index (χ4v) is 4.63. The summed E-state index contributed by atoms with van der Waals surface area (Å²) in [5.74, 6) is 1.97. The van der Waals surface area contributed by atoms with Gasteiger partial charge in [0, 0.05) is 0 Å². The molecular weight excluding hydrogens is 365 g/mol. The van der Waals surface area contributed by atoms with Gasteiger partial charge in [0.05, 0.1) is 20.3 Å². The van der Waals surface area contributed by atoms with Gasteiger partial charge in [0.1, 0.15) is 5.69 Å². The first kappa shape index (κ1) is 18.7. The summed E-state index contributed by atoms with van der Waals surface area (Å²) in [5.41, 5.74) is 1.91. The summed E-state index contributed by atoms with van der Waals surface area (Å²) in [4.78, 5) is 4.84. The second kappa shape index (κ2) is 9.63. The van der Waals surface area contributed by atoms with Gasteiger partial charge in [0.2, 0.25) is 0 Å². The number of hydrogen-bond acceptors (Lipinski definition) is 3. The Hall–Kier alpha value is -0.610.